The summed E-state index contributed by atoms with van der Waals surface area (Å²) in [6.45, 7) is 0. The molecule has 0 fully saturated rings. The third-order valence-corrected chi connectivity index (χ3v) is 3.15. The molecule has 0 aromatic heterocycles. The number of fused-ring (bicyclic) bond motifs is 2. The zero-order valence-corrected chi connectivity index (χ0v) is 8.59. The van der Waals surface area contributed by atoms with E-state index in [2.05, 4.69) is 0 Å². The second-order valence-corrected chi connectivity index (χ2v) is 4.13. The third-order valence-electron chi connectivity index (χ3n) is 3.15. The number of Topliss-reactive ketones (excluding diaryl/α,β-unsaturated/α-hetero) is 1. The summed E-state index contributed by atoms with van der Waals surface area (Å²) in [5.74, 6) is -0.906. The average molecular weight is 210 g/mol. The second-order valence-electron chi connectivity index (χ2n) is 4.13. The molecule has 2 heteroatoms. The van der Waals surface area contributed by atoms with Crippen molar-refractivity contribution in [1.29, 1.82) is 0 Å². The molecule has 0 saturated carbocycles. The molecule has 0 amide bonds. The molecular formula is C14H10O2. The van der Waals surface area contributed by atoms with E-state index in [9.17, 15) is 9.59 Å². The summed E-state index contributed by atoms with van der Waals surface area (Å²) in [5.41, 5.74) is 1.81. The Morgan fingerprint density at radius 3 is 2.69 bits per heavy atom. The van der Waals surface area contributed by atoms with Gasteiger partial charge in [0, 0.05) is 0 Å². The molecule has 3 aliphatic carbocycles. The number of carbonyl (C=O) groups excluding carboxylic acids is 2. The van der Waals surface area contributed by atoms with E-state index < -0.39 is 5.92 Å². The fraction of sp³-hybridized carbons (Fsp3) is 0.143. The lowest BCUT2D eigenvalue weighted by Gasteiger charge is -2.28. The van der Waals surface area contributed by atoms with Crippen LogP contribution in [0.15, 0.2) is 59.8 Å². The van der Waals surface area contributed by atoms with Crippen molar-refractivity contribution in [2.75, 3.05) is 0 Å². The van der Waals surface area contributed by atoms with Crippen LogP contribution in [0.2, 0.25) is 0 Å². The molecule has 0 bridgehead atoms. The number of ketones is 2. The minimum atomic E-state index is -0.574. The Morgan fingerprint density at radius 1 is 0.938 bits per heavy atom. The van der Waals surface area contributed by atoms with Crippen LogP contribution in [0.3, 0.4) is 0 Å². The summed E-state index contributed by atoms with van der Waals surface area (Å²) < 4.78 is 0. The Balaban J connectivity index is 2.15. The number of hydrogen-bond acceptors (Lipinski definition) is 2. The molecule has 0 N–H and O–H groups in total. The molecule has 78 valence electrons. The van der Waals surface area contributed by atoms with E-state index >= 15 is 0 Å². The smallest absolute Gasteiger partial charge is 0.170 e. The zero-order valence-electron chi connectivity index (χ0n) is 8.59. The molecule has 0 aromatic carbocycles. The molecule has 0 radical (unpaired) electrons. The lowest BCUT2D eigenvalue weighted by Crippen LogP contribution is -2.35. The molecular weight excluding hydrogens is 200 g/mol. The minimum Gasteiger partial charge on any atom is -0.297 e. The normalized spacial score (nSPS) is 30.8. The molecule has 2 unspecified atom stereocenters. The summed E-state index contributed by atoms with van der Waals surface area (Å²) in [6.07, 6.45) is 14.6. The molecule has 3 aliphatic rings. The molecule has 2 nitrogen and oxygen atoms in total. The maximum Gasteiger partial charge on any atom is 0.170 e. The van der Waals surface area contributed by atoms with Crippen LogP contribution in [0.4, 0.5) is 0 Å². The van der Waals surface area contributed by atoms with Crippen molar-refractivity contribution in [2.24, 2.45) is 11.8 Å². The van der Waals surface area contributed by atoms with E-state index in [4.69, 9.17) is 0 Å². The van der Waals surface area contributed by atoms with Crippen LogP contribution in [0.25, 0.3) is 0 Å². The van der Waals surface area contributed by atoms with Crippen LogP contribution >= 0.6 is 0 Å². The monoisotopic (exact) mass is 210 g/mol. The van der Waals surface area contributed by atoms with Gasteiger partial charge < -0.3 is 0 Å². The van der Waals surface area contributed by atoms with Gasteiger partial charge in [0.05, 0.1) is 5.92 Å². The van der Waals surface area contributed by atoms with E-state index in [-0.39, 0.29) is 17.5 Å². The van der Waals surface area contributed by atoms with Crippen molar-refractivity contribution in [3.05, 3.63) is 59.8 Å². The molecule has 0 spiro atoms. The molecule has 0 aromatic rings. The van der Waals surface area contributed by atoms with Crippen LogP contribution in [0.5, 0.6) is 0 Å². The van der Waals surface area contributed by atoms with Gasteiger partial charge in [-0.1, -0.05) is 42.5 Å². The quantitative estimate of drug-likeness (QED) is 0.572. The minimum absolute atomic E-state index is 0.00120. The Bertz CT molecular complexity index is 527. The molecule has 0 saturated heterocycles. The number of carbonyl (C=O) groups is 2. The van der Waals surface area contributed by atoms with Gasteiger partial charge in [0.15, 0.2) is 11.6 Å². The van der Waals surface area contributed by atoms with Crippen LogP contribution in [-0.4, -0.2) is 11.6 Å². The Kier molecular flexibility index (Phi) is 1.90. The number of allylic oxidation sites excluding steroid dienone is 10. The van der Waals surface area contributed by atoms with Crippen LogP contribution in [-0.2, 0) is 9.59 Å². The van der Waals surface area contributed by atoms with Gasteiger partial charge >= 0.3 is 0 Å². The van der Waals surface area contributed by atoms with Gasteiger partial charge in [-0.25, -0.2) is 0 Å². The molecule has 3 rings (SSSR count). The van der Waals surface area contributed by atoms with Crippen LogP contribution in [0.1, 0.15) is 0 Å². The van der Waals surface area contributed by atoms with Crippen molar-refractivity contribution < 1.29 is 9.59 Å². The maximum atomic E-state index is 12.2. The summed E-state index contributed by atoms with van der Waals surface area (Å²) in [7, 11) is 0. The predicted molar refractivity (Wildman–Crippen MR) is 60.6 cm³/mol. The van der Waals surface area contributed by atoms with Gasteiger partial charge in [0.25, 0.3) is 0 Å². The predicted octanol–water partition coefficient (Wildman–Crippen LogP) is 1.92. The fourth-order valence-corrected chi connectivity index (χ4v) is 2.37. The summed E-state index contributed by atoms with van der Waals surface area (Å²) in [5, 5.41) is 0. The largest absolute Gasteiger partial charge is 0.297 e. The standard InChI is InChI=1S/C14H10O2/c15-12-7-3-5-10-8-9-4-1-2-6-11(9)14(16)13(10)12/h1-8,11,13H. The molecule has 2 atom stereocenters. The SMILES string of the molecule is O=C1C=CC=C2C=C3C=CC=CC3C(=O)C12. The Hall–Kier alpha value is -1.96. The van der Waals surface area contributed by atoms with Gasteiger partial charge in [-0.3, -0.25) is 9.59 Å². The van der Waals surface area contributed by atoms with Gasteiger partial charge in [-0.05, 0) is 17.2 Å². The van der Waals surface area contributed by atoms with Crippen LogP contribution < -0.4 is 0 Å². The number of rotatable bonds is 0. The topological polar surface area (TPSA) is 34.1 Å². The highest BCUT2D eigenvalue weighted by atomic mass is 16.2. The summed E-state index contributed by atoms with van der Waals surface area (Å²) in [4.78, 5) is 23.9. The fourth-order valence-electron chi connectivity index (χ4n) is 2.37. The molecule has 16 heavy (non-hydrogen) atoms. The number of hydrogen-bond donors (Lipinski definition) is 0. The van der Waals surface area contributed by atoms with Gasteiger partial charge in [0.1, 0.15) is 5.92 Å². The highest BCUT2D eigenvalue weighted by Gasteiger charge is 2.38. The van der Waals surface area contributed by atoms with Gasteiger partial charge in [-0.2, -0.15) is 0 Å². The van der Waals surface area contributed by atoms with Crippen molar-refractivity contribution in [3.63, 3.8) is 0 Å². The van der Waals surface area contributed by atoms with Crippen molar-refractivity contribution in [2.45, 2.75) is 0 Å². The first-order valence-corrected chi connectivity index (χ1v) is 5.29. The molecule has 0 aliphatic heterocycles. The zero-order chi connectivity index (χ0) is 11.1. The van der Waals surface area contributed by atoms with Gasteiger partial charge in [0.2, 0.25) is 0 Å². The van der Waals surface area contributed by atoms with Crippen LogP contribution in [0, 0.1) is 11.8 Å². The summed E-state index contributed by atoms with van der Waals surface area (Å²) >= 11 is 0. The van der Waals surface area contributed by atoms with E-state index in [1.165, 1.54) is 6.08 Å². The average Bonchev–Trinajstić information content (AvgIpc) is 2.29. The Labute approximate surface area is 93.3 Å². The van der Waals surface area contributed by atoms with Crippen molar-refractivity contribution >= 4 is 11.6 Å². The van der Waals surface area contributed by atoms with E-state index in [1.54, 1.807) is 6.08 Å². The highest BCUT2D eigenvalue weighted by Crippen LogP contribution is 2.35. The van der Waals surface area contributed by atoms with Crippen molar-refractivity contribution in [3.8, 4) is 0 Å². The third kappa shape index (κ3) is 1.20. The maximum absolute atomic E-state index is 12.2. The van der Waals surface area contributed by atoms with E-state index in [1.807, 2.05) is 36.5 Å². The lowest BCUT2D eigenvalue weighted by atomic mass is 9.72. The van der Waals surface area contributed by atoms with Gasteiger partial charge in [-0.15, -0.1) is 0 Å². The lowest BCUT2D eigenvalue weighted by molar-refractivity contribution is -0.130. The second kappa shape index (κ2) is 3.27. The van der Waals surface area contributed by atoms with Crippen molar-refractivity contribution in [1.82, 2.24) is 0 Å². The van der Waals surface area contributed by atoms with E-state index in [0.717, 1.165) is 11.1 Å². The highest BCUT2D eigenvalue weighted by molar-refractivity contribution is 6.14. The first kappa shape index (κ1) is 9.28. The summed E-state index contributed by atoms with van der Waals surface area (Å²) in [6, 6.07) is 0. The van der Waals surface area contributed by atoms with E-state index in [0.29, 0.717) is 0 Å². The first-order chi connectivity index (χ1) is 7.77. The Morgan fingerprint density at radius 2 is 1.81 bits per heavy atom. The first-order valence-electron chi connectivity index (χ1n) is 5.29. The molecule has 0 heterocycles.